The van der Waals surface area contributed by atoms with Crippen molar-refractivity contribution in [1.82, 2.24) is 25.3 Å². The molecule has 1 aliphatic carbocycles. The van der Waals surface area contributed by atoms with Crippen molar-refractivity contribution in [3.05, 3.63) is 35.2 Å². The number of amides is 3. The van der Waals surface area contributed by atoms with Gasteiger partial charge in [0, 0.05) is 16.6 Å². The van der Waals surface area contributed by atoms with Gasteiger partial charge in [-0.05, 0) is 68.7 Å². The van der Waals surface area contributed by atoms with E-state index in [2.05, 4.69) is 36.3 Å². The topological polar surface area (TPSA) is 91.6 Å². The number of halogens is 1. The second-order valence-electron chi connectivity index (χ2n) is 10.6. The number of benzene rings is 1. The summed E-state index contributed by atoms with van der Waals surface area (Å²) in [6.45, 7) is 11.0. The van der Waals surface area contributed by atoms with Crippen LogP contribution in [-0.4, -0.2) is 50.2 Å². The number of rotatable bonds is 6. The fourth-order valence-corrected chi connectivity index (χ4v) is 5.54. The number of nitrogens with zero attached hydrogens (tertiary/aromatic N) is 4. The van der Waals surface area contributed by atoms with Crippen molar-refractivity contribution in [1.29, 1.82) is 0 Å². The summed E-state index contributed by atoms with van der Waals surface area (Å²) in [7, 11) is 0. The highest BCUT2D eigenvalue weighted by Gasteiger charge is 2.56. The number of carbonyl (C=O) groups excluding carboxylic acids is 2. The highest BCUT2D eigenvalue weighted by Crippen LogP contribution is 2.46. The number of imide groups is 1. The summed E-state index contributed by atoms with van der Waals surface area (Å²) in [5.74, 6) is 1.05. The molecule has 1 saturated heterocycles. The number of urea groups is 1. The van der Waals surface area contributed by atoms with Crippen molar-refractivity contribution in [2.24, 2.45) is 11.3 Å². The molecule has 2 aromatic rings. The first kappa shape index (κ1) is 23.7. The van der Waals surface area contributed by atoms with Crippen molar-refractivity contribution < 1.29 is 14.0 Å². The molecule has 2 atom stereocenters. The van der Waals surface area contributed by atoms with Gasteiger partial charge in [-0.15, -0.1) is 10.2 Å². The minimum absolute atomic E-state index is 0.00379. The van der Waals surface area contributed by atoms with E-state index in [0.29, 0.717) is 42.1 Å². The van der Waals surface area contributed by atoms with Gasteiger partial charge in [-0.3, -0.25) is 9.69 Å². The third kappa shape index (κ3) is 4.92. The van der Waals surface area contributed by atoms with Crippen LogP contribution in [0.1, 0.15) is 59.8 Å². The Morgan fingerprint density at radius 3 is 2.55 bits per heavy atom. The zero-order chi connectivity index (χ0) is 24.0. The maximum absolute atomic E-state index is 13.5. The number of nitrogens with one attached hydrogen (secondary N) is 1. The minimum Gasteiger partial charge on any atom is -0.419 e. The molecule has 1 spiro atoms. The van der Waals surface area contributed by atoms with E-state index in [1.165, 1.54) is 4.90 Å². The molecule has 1 aromatic heterocycles. The maximum atomic E-state index is 13.5. The van der Waals surface area contributed by atoms with Gasteiger partial charge < -0.3 is 9.73 Å². The van der Waals surface area contributed by atoms with Crippen molar-refractivity contribution >= 4 is 23.5 Å². The Morgan fingerprint density at radius 2 is 1.91 bits per heavy atom. The third-order valence-electron chi connectivity index (χ3n) is 6.57. The molecule has 8 nitrogen and oxygen atoms in total. The highest BCUT2D eigenvalue weighted by atomic mass is 35.5. The van der Waals surface area contributed by atoms with Crippen LogP contribution in [0.5, 0.6) is 0 Å². The van der Waals surface area contributed by atoms with Gasteiger partial charge in [-0.25, -0.2) is 9.69 Å². The van der Waals surface area contributed by atoms with Gasteiger partial charge in [-0.1, -0.05) is 32.4 Å². The van der Waals surface area contributed by atoms with Crippen LogP contribution < -0.4 is 5.32 Å². The van der Waals surface area contributed by atoms with Crippen LogP contribution in [0.25, 0.3) is 11.5 Å². The van der Waals surface area contributed by atoms with E-state index in [0.717, 1.165) is 12.0 Å². The van der Waals surface area contributed by atoms with Crippen molar-refractivity contribution in [3.63, 3.8) is 0 Å². The van der Waals surface area contributed by atoms with Crippen LogP contribution in [0.2, 0.25) is 5.02 Å². The lowest BCUT2D eigenvalue weighted by atomic mass is 9.64. The fourth-order valence-electron chi connectivity index (χ4n) is 5.41. The summed E-state index contributed by atoms with van der Waals surface area (Å²) >= 11 is 5.95. The SMILES string of the molecule is CC(C)N(Cc1nnc(-c2ccc(Cl)cc2)o1)CN1C(=O)N[C@]2(C[C@H](C)CC(C)(C)C2)C1=O. The van der Waals surface area contributed by atoms with Gasteiger partial charge >= 0.3 is 6.03 Å². The van der Waals surface area contributed by atoms with Gasteiger partial charge in [0.1, 0.15) is 5.54 Å². The molecule has 2 fully saturated rings. The van der Waals surface area contributed by atoms with E-state index in [-0.39, 0.29) is 30.1 Å². The summed E-state index contributed by atoms with van der Waals surface area (Å²) < 4.78 is 5.85. The molecule has 1 aromatic carbocycles. The molecule has 2 aliphatic rings. The third-order valence-corrected chi connectivity index (χ3v) is 6.83. The molecule has 0 bridgehead atoms. The number of hydrogen-bond acceptors (Lipinski definition) is 6. The lowest BCUT2D eigenvalue weighted by Crippen LogP contribution is -2.54. The van der Waals surface area contributed by atoms with Crippen LogP contribution >= 0.6 is 11.6 Å². The van der Waals surface area contributed by atoms with Crippen LogP contribution in [0.3, 0.4) is 0 Å². The summed E-state index contributed by atoms with van der Waals surface area (Å²) in [5.41, 5.74) is -0.0390. The molecule has 3 amide bonds. The van der Waals surface area contributed by atoms with Gasteiger partial charge in [0.25, 0.3) is 5.91 Å². The van der Waals surface area contributed by atoms with Gasteiger partial charge in [-0.2, -0.15) is 0 Å². The molecule has 2 heterocycles. The molecule has 1 saturated carbocycles. The lowest BCUT2D eigenvalue weighted by molar-refractivity contribution is -0.136. The summed E-state index contributed by atoms with van der Waals surface area (Å²) in [4.78, 5) is 29.7. The Kier molecular flexibility index (Phi) is 6.26. The number of aromatic nitrogens is 2. The van der Waals surface area contributed by atoms with E-state index in [9.17, 15) is 9.59 Å². The zero-order valence-corrected chi connectivity index (χ0v) is 20.6. The first-order valence-corrected chi connectivity index (χ1v) is 11.8. The molecular formula is C24H32ClN5O3. The standard InChI is InChI=1S/C24H32ClN5O3/c1-15(2)29(12-19-27-28-20(33-19)17-6-8-18(25)9-7-17)14-30-21(31)24(26-22(30)32)11-16(3)10-23(4,5)13-24/h6-9,15-16H,10-14H2,1-5H3,(H,26,32)/t16-,24+/m1/s1. The Hall–Kier alpha value is -2.45. The average Bonchev–Trinajstić information content (AvgIpc) is 3.25. The van der Waals surface area contributed by atoms with Crippen molar-refractivity contribution in [2.75, 3.05) is 6.67 Å². The van der Waals surface area contributed by atoms with E-state index in [4.69, 9.17) is 16.0 Å². The van der Waals surface area contributed by atoms with Gasteiger partial charge in [0.15, 0.2) is 0 Å². The minimum atomic E-state index is -0.812. The van der Waals surface area contributed by atoms with Crippen LogP contribution in [-0.2, 0) is 11.3 Å². The first-order chi connectivity index (χ1) is 15.5. The molecule has 178 valence electrons. The maximum Gasteiger partial charge on any atom is 0.326 e. The van der Waals surface area contributed by atoms with Crippen molar-refractivity contribution in [3.8, 4) is 11.5 Å². The molecular weight excluding hydrogens is 442 g/mol. The summed E-state index contributed by atoms with van der Waals surface area (Å²) in [6, 6.07) is 6.89. The summed E-state index contributed by atoms with van der Waals surface area (Å²) in [5, 5.41) is 12.0. The zero-order valence-electron chi connectivity index (χ0n) is 19.9. The highest BCUT2D eigenvalue weighted by molar-refractivity contribution is 6.30. The second-order valence-corrected chi connectivity index (χ2v) is 11.0. The lowest BCUT2D eigenvalue weighted by Gasteiger charge is -2.44. The Morgan fingerprint density at radius 1 is 1.21 bits per heavy atom. The normalized spacial score (nSPS) is 24.8. The van der Waals surface area contributed by atoms with E-state index in [1.54, 1.807) is 12.1 Å². The van der Waals surface area contributed by atoms with Crippen molar-refractivity contribution in [2.45, 2.75) is 72.0 Å². The first-order valence-electron chi connectivity index (χ1n) is 11.4. The molecule has 4 rings (SSSR count). The Labute approximate surface area is 199 Å². The predicted molar refractivity (Wildman–Crippen MR) is 125 cm³/mol. The van der Waals surface area contributed by atoms with Gasteiger partial charge in [0.2, 0.25) is 11.8 Å². The molecule has 1 N–H and O–H groups in total. The predicted octanol–water partition coefficient (Wildman–Crippen LogP) is 4.69. The summed E-state index contributed by atoms with van der Waals surface area (Å²) in [6.07, 6.45) is 2.37. The van der Waals surface area contributed by atoms with Gasteiger partial charge in [0.05, 0.1) is 13.2 Å². The quantitative estimate of drug-likeness (QED) is 0.611. The van der Waals surface area contributed by atoms with Crippen LogP contribution in [0.15, 0.2) is 28.7 Å². The van der Waals surface area contributed by atoms with E-state index < -0.39 is 5.54 Å². The molecule has 9 heteroatoms. The largest absolute Gasteiger partial charge is 0.419 e. The van der Waals surface area contributed by atoms with Crippen LogP contribution in [0.4, 0.5) is 4.79 Å². The molecule has 33 heavy (non-hydrogen) atoms. The molecule has 1 aliphatic heterocycles. The monoisotopic (exact) mass is 473 g/mol. The van der Waals surface area contributed by atoms with Crippen LogP contribution in [0, 0.1) is 11.3 Å². The Balaban J connectivity index is 1.49. The average molecular weight is 474 g/mol. The Bertz CT molecular complexity index is 1030. The van der Waals surface area contributed by atoms with E-state index >= 15 is 0 Å². The second kappa shape index (κ2) is 8.72. The number of carbonyl (C=O) groups is 2. The smallest absolute Gasteiger partial charge is 0.326 e. The van der Waals surface area contributed by atoms with E-state index in [1.807, 2.05) is 30.9 Å². The fraction of sp³-hybridized carbons (Fsp3) is 0.583. The molecule has 0 radical (unpaired) electrons. The number of hydrogen-bond donors (Lipinski definition) is 1. The molecule has 0 unspecified atom stereocenters.